The first-order chi connectivity index (χ1) is 27.7. The summed E-state index contributed by atoms with van der Waals surface area (Å²) in [7, 11) is -5.29. The normalized spacial score (nSPS) is 31.6. The maximum absolute atomic E-state index is 16.5. The lowest BCUT2D eigenvalue weighted by atomic mass is 10.0. The van der Waals surface area contributed by atoms with E-state index in [2.05, 4.69) is 19.9 Å². The van der Waals surface area contributed by atoms with Crippen LogP contribution in [0.15, 0.2) is 83.0 Å². The van der Waals surface area contributed by atoms with Crippen LogP contribution in [0.1, 0.15) is 39.5 Å². The van der Waals surface area contributed by atoms with Gasteiger partial charge in [0.25, 0.3) is 5.56 Å². The summed E-state index contributed by atoms with van der Waals surface area (Å²) < 4.78 is 96.1. The molecule has 2 bridgehead atoms. The van der Waals surface area contributed by atoms with Crippen molar-refractivity contribution in [2.75, 3.05) is 18.9 Å². The largest absolute Gasteiger partial charge is 0.472 e. The Balaban J connectivity index is 1.12. The van der Waals surface area contributed by atoms with Gasteiger partial charge in [-0.05, 0) is 23.9 Å². The number of nitrogens with one attached hydrogen (secondary N) is 1. The monoisotopic (exact) mass is 863 g/mol. The van der Waals surface area contributed by atoms with Crippen LogP contribution in [0.3, 0.4) is 0 Å². The number of anilines is 1. The molecule has 4 N–H and O–H groups in total. The molecule has 5 aromatic rings. The Morgan fingerprint density at radius 2 is 1.60 bits per heavy atom. The number of hydrogen-bond donors (Lipinski definition) is 3. The summed E-state index contributed by atoms with van der Waals surface area (Å²) >= 11 is 0.600. The van der Waals surface area contributed by atoms with E-state index in [4.69, 9.17) is 33.3 Å². The fourth-order valence-electron chi connectivity index (χ4n) is 6.60. The number of imidazole rings is 1. The van der Waals surface area contributed by atoms with Crippen molar-refractivity contribution in [2.24, 2.45) is 0 Å². The van der Waals surface area contributed by atoms with Crippen molar-refractivity contribution >= 4 is 48.8 Å². The van der Waals surface area contributed by atoms with Gasteiger partial charge in [0, 0.05) is 29.1 Å². The van der Waals surface area contributed by atoms with Gasteiger partial charge in [0.2, 0.25) is 0 Å². The fourth-order valence-corrected chi connectivity index (χ4v) is 10.9. The summed E-state index contributed by atoms with van der Waals surface area (Å²) in [6.07, 6.45) is -12.1. The molecule has 3 fully saturated rings. The van der Waals surface area contributed by atoms with Crippen LogP contribution in [0.5, 0.6) is 0 Å². The number of ether oxygens (including phenoxy) is 2. The molecule has 3 aliphatic heterocycles. The van der Waals surface area contributed by atoms with E-state index in [0.717, 1.165) is 24.2 Å². The zero-order valence-corrected chi connectivity index (χ0v) is 32.6. The molecular weight excluding hydrogens is 830 g/mol. The highest BCUT2D eigenvalue weighted by molar-refractivity contribution is 8.54. The molecule has 0 aliphatic carbocycles. The lowest BCUT2D eigenvalue weighted by Crippen LogP contribution is -2.41. The number of ketones is 1. The molecule has 10 atom stereocenters. The molecule has 6 heterocycles. The quantitative estimate of drug-likeness (QED) is 0.155. The topological polar surface area (TPSA) is 251 Å². The van der Waals surface area contributed by atoms with E-state index in [-0.39, 0.29) is 28.5 Å². The van der Waals surface area contributed by atoms with Crippen LogP contribution in [0, 0.1) is 6.92 Å². The number of aromatic nitrogens is 6. The van der Waals surface area contributed by atoms with Gasteiger partial charge >= 0.3 is 20.3 Å². The summed E-state index contributed by atoms with van der Waals surface area (Å²) in [5.74, 6) is -0.336. The van der Waals surface area contributed by atoms with Crippen LogP contribution in [-0.4, -0.2) is 89.7 Å². The number of benzene rings is 2. The number of rotatable bonds is 7. The molecule has 8 rings (SSSR count). The first-order valence-electron chi connectivity index (χ1n) is 17.5. The number of fused-ring (bicyclic) bond motifs is 4. The predicted molar refractivity (Wildman–Crippen MR) is 200 cm³/mol. The number of halogens is 2. The van der Waals surface area contributed by atoms with Gasteiger partial charge in [-0.1, -0.05) is 54.1 Å². The number of carbonyl (C=O) groups excluding carboxylic acids is 1. The standard InChI is InChI=1S/C34H33F2N7O12P2S/c1-17-2-6-19(7-3-17)27(45)20-8-4-18(5-9-20)14-58-57(49)51-13-22-28(25(36)32(53-22)43-23(44)10-11-38-34(43)46)54-56(47,48)50-12-21-24(35)29(55-57)33(52-21)42-16-41-26-30(37)39-15-40-31(26)42/h2-11,15-16,21-22,24-25,28-29,32-33H,12-14H2,1H3,(H,38,46)(H,47,48)(H2,37,39,40)/t21-,22-,24-,25-,28-,29-,32?,33?,57?/m1/s1. The Bertz CT molecular complexity index is 2540. The van der Waals surface area contributed by atoms with Crippen molar-refractivity contribution in [2.45, 2.75) is 61.9 Å². The molecule has 0 radical (unpaired) electrons. The summed E-state index contributed by atoms with van der Waals surface area (Å²) in [6, 6.07) is 14.4. The highest BCUT2D eigenvalue weighted by Gasteiger charge is 2.55. The number of aromatic amines is 1. The van der Waals surface area contributed by atoms with Gasteiger partial charge in [-0.2, -0.15) is 0 Å². The van der Waals surface area contributed by atoms with E-state index in [1.165, 1.54) is 10.9 Å². The molecule has 19 nitrogen and oxygen atoms in total. The van der Waals surface area contributed by atoms with Crippen molar-refractivity contribution in [3.63, 3.8) is 0 Å². The second-order valence-electron chi connectivity index (χ2n) is 13.4. The maximum atomic E-state index is 16.5. The third-order valence-electron chi connectivity index (χ3n) is 9.56. The van der Waals surface area contributed by atoms with Crippen molar-refractivity contribution in [1.29, 1.82) is 0 Å². The summed E-state index contributed by atoms with van der Waals surface area (Å²) in [4.78, 5) is 63.5. The SMILES string of the molecule is Cc1ccc(C(=O)c2ccc(CSP3(=O)OC[C@H]4OC(n5c(=O)cc[nH]c5=O)[C@H](F)[C@@H]4OP(=O)(O)OC[C@H]4OC(n5cnc6c(N)ncnc65)[C@H](O3)[C@@H]4F)cc2)cc1. The zero-order valence-electron chi connectivity index (χ0n) is 30.0. The lowest BCUT2D eigenvalue weighted by molar-refractivity contribution is -0.0624. The van der Waals surface area contributed by atoms with Crippen molar-refractivity contribution < 1.29 is 55.2 Å². The van der Waals surface area contributed by atoms with Crippen LogP contribution in [-0.2, 0) is 42.5 Å². The number of H-pyrrole nitrogens is 1. The molecule has 2 aromatic carbocycles. The fraction of sp³-hybridized carbons (Fsp3) is 0.353. The molecule has 3 aliphatic rings. The van der Waals surface area contributed by atoms with E-state index in [0.29, 0.717) is 32.6 Å². The Hall–Kier alpha value is -4.47. The smallest absolute Gasteiger partial charge is 0.382 e. The van der Waals surface area contributed by atoms with Crippen molar-refractivity contribution in [3.05, 3.63) is 117 Å². The van der Waals surface area contributed by atoms with Gasteiger partial charge < -0.3 is 25.1 Å². The van der Waals surface area contributed by atoms with Crippen LogP contribution < -0.4 is 17.0 Å². The van der Waals surface area contributed by atoms with E-state index in [1.807, 2.05) is 19.1 Å². The average Bonchev–Trinajstić information content (AvgIpc) is 3.86. The van der Waals surface area contributed by atoms with Gasteiger partial charge in [0.1, 0.15) is 36.3 Å². The number of aryl methyl sites for hydroxylation is 1. The number of nitrogens with zero attached hydrogens (tertiary/aromatic N) is 5. The van der Waals surface area contributed by atoms with E-state index in [1.54, 1.807) is 36.4 Å². The first-order valence-corrected chi connectivity index (χ1v) is 22.1. The number of hydrogen-bond acceptors (Lipinski definition) is 16. The Morgan fingerprint density at radius 1 is 0.914 bits per heavy atom. The summed E-state index contributed by atoms with van der Waals surface area (Å²) in [6.45, 7) is -4.62. The lowest BCUT2D eigenvalue weighted by Gasteiger charge is -2.27. The molecule has 58 heavy (non-hydrogen) atoms. The summed E-state index contributed by atoms with van der Waals surface area (Å²) in [5.41, 5.74) is 6.51. The minimum Gasteiger partial charge on any atom is -0.382 e. The highest BCUT2D eigenvalue weighted by Crippen LogP contribution is 2.65. The number of alkyl halides is 2. The molecular formula is C34H33F2N7O12P2S. The molecule has 4 unspecified atom stereocenters. The number of nitrogens with two attached hydrogens (primary N) is 1. The molecule has 0 spiro atoms. The van der Waals surface area contributed by atoms with Crippen LogP contribution in [0.25, 0.3) is 11.2 Å². The van der Waals surface area contributed by atoms with E-state index >= 15 is 8.78 Å². The second kappa shape index (κ2) is 15.9. The molecule has 3 saturated heterocycles. The Morgan fingerprint density at radius 3 is 2.33 bits per heavy atom. The Labute approximate surface area is 329 Å². The first kappa shape index (κ1) is 40.3. The third kappa shape index (κ3) is 7.96. The Kier molecular flexibility index (Phi) is 11.1. The molecule has 3 aromatic heterocycles. The number of nitrogen functional groups attached to an aromatic ring is 1. The van der Waals surface area contributed by atoms with Crippen LogP contribution >= 0.6 is 26.0 Å². The van der Waals surface area contributed by atoms with Gasteiger partial charge in [-0.3, -0.25) is 32.3 Å². The van der Waals surface area contributed by atoms with Crippen LogP contribution in [0.2, 0.25) is 0 Å². The van der Waals surface area contributed by atoms with Gasteiger partial charge in [0.15, 0.2) is 42.0 Å². The summed E-state index contributed by atoms with van der Waals surface area (Å²) in [5, 5.41) is 0. The molecule has 0 amide bonds. The number of phosphoric ester groups is 1. The minimum absolute atomic E-state index is 0.0112. The second-order valence-corrected chi connectivity index (χ2v) is 18.8. The highest BCUT2D eigenvalue weighted by atomic mass is 32.7. The van der Waals surface area contributed by atoms with Crippen LogP contribution in [0.4, 0.5) is 14.6 Å². The van der Waals surface area contributed by atoms with Gasteiger partial charge in [-0.15, -0.1) is 0 Å². The van der Waals surface area contributed by atoms with Gasteiger partial charge in [-0.25, -0.2) is 42.2 Å². The van der Waals surface area contributed by atoms with Crippen molar-refractivity contribution in [3.8, 4) is 0 Å². The third-order valence-corrected chi connectivity index (χ3v) is 14.2. The van der Waals surface area contributed by atoms with Crippen molar-refractivity contribution in [1.82, 2.24) is 29.1 Å². The molecule has 0 saturated carbocycles. The average molecular weight is 864 g/mol. The van der Waals surface area contributed by atoms with Gasteiger partial charge in [0.05, 0.1) is 19.5 Å². The van der Waals surface area contributed by atoms with E-state index in [9.17, 15) is 28.4 Å². The molecule has 306 valence electrons. The number of phosphoric acid groups is 1. The van der Waals surface area contributed by atoms with E-state index < -0.39 is 88.3 Å². The minimum atomic E-state index is -5.29. The predicted octanol–water partition coefficient (Wildman–Crippen LogP) is 3.93. The number of carbonyl (C=O) groups is 1. The zero-order chi connectivity index (χ0) is 40.9. The maximum Gasteiger partial charge on any atom is 0.472 e. The molecule has 24 heteroatoms.